The molecule has 0 saturated heterocycles. The molecule has 0 spiro atoms. The zero-order valence-corrected chi connectivity index (χ0v) is 8.78. The standard InChI is InChI=1S/C11H15N3/c1-8(2)6-10-4-5-11(7-13-10)14-9(3)12/h4-7H,1-3H3,(H2,12,14). The Balaban J connectivity index is 2.89. The molecule has 0 fully saturated rings. The average Bonchev–Trinajstić information content (AvgIpc) is 2.06. The molecule has 0 aliphatic carbocycles. The van der Waals surface area contributed by atoms with Gasteiger partial charge in [0.15, 0.2) is 0 Å². The van der Waals surface area contributed by atoms with Crippen molar-refractivity contribution in [3.05, 3.63) is 29.6 Å². The number of nitrogens with zero attached hydrogens (tertiary/aromatic N) is 2. The highest BCUT2D eigenvalue weighted by molar-refractivity contribution is 5.80. The molecule has 3 nitrogen and oxygen atoms in total. The molecule has 0 unspecified atom stereocenters. The van der Waals surface area contributed by atoms with Crippen LogP contribution in [0.15, 0.2) is 28.9 Å². The number of hydrogen-bond donors (Lipinski definition) is 1. The lowest BCUT2D eigenvalue weighted by atomic mass is 10.2. The van der Waals surface area contributed by atoms with Crippen LogP contribution >= 0.6 is 0 Å². The molecule has 1 heterocycles. The van der Waals surface area contributed by atoms with E-state index in [0.29, 0.717) is 5.84 Å². The van der Waals surface area contributed by atoms with Gasteiger partial charge >= 0.3 is 0 Å². The van der Waals surface area contributed by atoms with Crippen LogP contribution in [-0.2, 0) is 0 Å². The fourth-order valence-electron chi connectivity index (χ4n) is 1.05. The van der Waals surface area contributed by atoms with Crippen molar-refractivity contribution in [3.63, 3.8) is 0 Å². The van der Waals surface area contributed by atoms with Crippen molar-refractivity contribution >= 4 is 17.6 Å². The van der Waals surface area contributed by atoms with Crippen LogP contribution in [0.5, 0.6) is 0 Å². The van der Waals surface area contributed by atoms with Gasteiger partial charge in [0, 0.05) is 0 Å². The maximum atomic E-state index is 5.45. The van der Waals surface area contributed by atoms with E-state index in [1.165, 1.54) is 5.57 Å². The molecule has 0 aliphatic rings. The molecule has 0 aromatic carbocycles. The Morgan fingerprint density at radius 1 is 1.36 bits per heavy atom. The second kappa shape index (κ2) is 4.56. The van der Waals surface area contributed by atoms with Gasteiger partial charge in [0.25, 0.3) is 0 Å². The lowest BCUT2D eigenvalue weighted by Gasteiger charge is -1.96. The highest BCUT2D eigenvalue weighted by atomic mass is 14.9. The Morgan fingerprint density at radius 2 is 2.07 bits per heavy atom. The van der Waals surface area contributed by atoms with Gasteiger partial charge in [-0.15, -0.1) is 0 Å². The molecule has 0 radical (unpaired) electrons. The topological polar surface area (TPSA) is 51.3 Å². The summed E-state index contributed by atoms with van der Waals surface area (Å²) < 4.78 is 0. The monoisotopic (exact) mass is 189 g/mol. The van der Waals surface area contributed by atoms with Crippen molar-refractivity contribution in [3.8, 4) is 0 Å². The van der Waals surface area contributed by atoms with Crippen LogP contribution in [0.4, 0.5) is 5.69 Å². The van der Waals surface area contributed by atoms with E-state index >= 15 is 0 Å². The number of pyridine rings is 1. The number of nitrogens with two attached hydrogens (primary N) is 1. The minimum Gasteiger partial charge on any atom is -0.387 e. The number of amidine groups is 1. The third-order valence-electron chi connectivity index (χ3n) is 1.51. The molecule has 1 aromatic rings. The van der Waals surface area contributed by atoms with Crippen molar-refractivity contribution in [2.75, 3.05) is 0 Å². The van der Waals surface area contributed by atoms with Crippen molar-refractivity contribution in [2.45, 2.75) is 20.8 Å². The number of allylic oxidation sites excluding steroid dienone is 1. The van der Waals surface area contributed by atoms with Crippen molar-refractivity contribution < 1.29 is 0 Å². The normalized spacial score (nSPS) is 11.2. The lowest BCUT2D eigenvalue weighted by Crippen LogP contribution is -2.03. The van der Waals surface area contributed by atoms with Crippen LogP contribution in [0, 0.1) is 0 Å². The maximum Gasteiger partial charge on any atom is 0.0965 e. The van der Waals surface area contributed by atoms with Crippen LogP contribution in [0.3, 0.4) is 0 Å². The molecule has 0 aliphatic heterocycles. The second-order valence-electron chi connectivity index (χ2n) is 3.42. The largest absolute Gasteiger partial charge is 0.387 e. The molecule has 74 valence electrons. The van der Waals surface area contributed by atoms with Crippen molar-refractivity contribution in [2.24, 2.45) is 10.7 Å². The third kappa shape index (κ3) is 3.39. The summed E-state index contributed by atoms with van der Waals surface area (Å²) in [5.41, 5.74) is 8.41. The van der Waals surface area contributed by atoms with E-state index in [1.807, 2.05) is 32.1 Å². The minimum absolute atomic E-state index is 0.543. The van der Waals surface area contributed by atoms with E-state index in [2.05, 4.69) is 9.98 Å². The molecule has 0 bridgehead atoms. The third-order valence-corrected chi connectivity index (χ3v) is 1.51. The first-order valence-corrected chi connectivity index (χ1v) is 4.49. The Hall–Kier alpha value is -1.64. The maximum absolute atomic E-state index is 5.45. The zero-order valence-electron chi connectivity index (χ0n) is 8.78. The number of rotatable bonds is 2. The zero-order chi connectivity index (χ0) is 10.6. The summed E-state index contributed by atoms with van der Waals surface area (Å²) in [6.07, 6.45) is 3.73. The molecular formula is C11H15N3. The van der Waals surface area contributed by atoms with Crippen LogP contribution in [0.25, 0.3) is 6.08 Å². The summed E-state index contributed by atoms with van der Waals surface area (Å²) in [5.74, 6) is 0.543. The van der Waals surface area contributed by atoms with Crippen LogP contribution in [0.2, 0.25) is 0 Å². The number of aromatic nitrogens is 1. The minimum atomic E-state index is 0.543. The van der Waals surface area contributed by atoms with E-state index in [1.54, 1.807) is 13.1 Å². The second-order valence-corrected chi connectivity index (χ2v) is 3.42. The SMILES string of the molecule is CC(C)=Cc1ccc(N=C(C)N)cn1. The molecule has 0 atom stereocenters. The summed E-state index contributed by atoms with van der Waals surface area (Å²) >= 11 is 0. The van der Waals surface area contributed by atoms with Gasteiger partial charge in [0.2, 0.25) is 0 Å². The molecule has 3 heteroatoms. The smallest absolute Gasteiger partial charge is 0.0965 e. The van der Waals surface area contributed by atoms with Gasteiger partial charge in [-0.25, -0.2) is 4.99 Å². The van der Waals surface area contributed by atoms with Gasteiger partial charge in [0.1, 0.15) is 0 Å². The van der Waals surface area contributed by atoms with Crippen molar-refractivity contribution in [1.82, 2.24) is 4.98 Å². The molecule has 0 amide bonds. The van der Waals surface area contributed by atoms with Gasteiger partial charge < -0.3 is 5.73 Å². The molecule has 1 rings (SSSR count). The summed E-state index contributed by atoms with van der Waals surface area (Å²) in [6.45, 7) is 5.83. The summed E-state index contributed by atoms with van der Waals surface area (Å²) in [7, 11) is 0. The predicted molar refractivity (Wildman–Crippen MR) is 60.5 cm³/mol. The Bertz CT molecular complexity index is 316. The van der Waals surface area contributed by atoms with Gasteiger partial charge in [-0.05, 0) is 39.0 Å². The van der Waals surface area contributed by atoms with Crippen LogP contribution in [-0.4, -0.2) is 10.8 Å². The van der Waals surface area contributed by atoms with Gasteiger partial charge in [-0.2, -0.15) is 0 Å². The van der Waals surface area contributed by atoms with E-state index in [9.17, 15) is 0 Å². The lowest BCUT2D eigenvalue weighted by molar-refractivity contribution is 1.26. The van der Waals surface area contributed by atoms with Crippen molar-refractivity contribution in [1.29, 1.82) is 0 Å². The Kier molecular flexibility index (Phi) is 3.40. The molecule has 1 aromatic heterocycles. The fourth-order valence-corrected chi connectivity index (χ4v) is 1.05. The summed E-state index contributed by atoms with van der Waals surface area (Å²) in [6, 6.07) is 3.83. The molecular weight excluding hydrogens is 174 g/mol. The van der Waals surface area contributed by atoms with E-state index in [-0.39, 0.29) is 0 Å². The average molecular weight is 189 g/mol. The first kappa shape index (κ1) is 10.4. The Morgan fingerprint density at radius 3 is 2.50 bits per heavy atom. The van der Waals surface area contributed by atoms with E-state index in [4.69, 9.17) is 5.73 Å². The first-order valence-electron chi connectivity index (χ1n) is 4.49. The Labute approximate surface area is 84.4 Å². The van der Waals surface area contributed by atoms with Crippen LogP contribution < -0.4 is 5.73 Å². The highest BCUT2D eigenvalue weighted by Gasteiger charge is 1.91. The van der Waals surface area contributed by atoms with Crippen LogP contribution in [0.1, 0.15) is 26.5 Å². The number of aliphatic imine (C=N–C) groups is 1. The van der Waals surface area contributed by atoms with Gasteiger partial charge in [0.05, 0.1) is 23.4 Å². The summed E-state index contributed by atoms with van der Waals surface area (Å²) in [4.78, 5) is 8.32. The highest BCUT2D eigenvalue weighted by Crippen LogP contribution is 2.11. The molecule has 14 heavy (non-hydrogen) atoms. The predicted octanol–water partition coefficient (Wildman–Crippen LogP) is 2.51. The van der Waals surface area contributed by atoms with E-state index in [0.717, 1.165) is 11.4 Å². The molecule has 0 saturated carbocycles. The number of hydrogen-bond acceptors (Lipinski definition) is 2. The molecule has 2 N–H and O–H groups in total. The first-order chi connectivity index (χ1) is 6.58. The van der Waals surface area contributed by atoms with Gasteiger partial charge in [-0.3, -0.25) is 4.98 Å². The van der Waals surface area contributed by atoms with Gasteiger partial charge in [-0.1, -0.05) is 5.57 Å². The fraction of sp³-hybridized carbons (Fsp3) is 0.273. The van der Waals surface area contributed by atoms with E-state index < -0.39 is 0 Å². The summed E-state index contributed by atoms with van der Waals surface area (Å²) in [5, 5.41) is 0. The quantitative estimate of drug-likeness (QED) is 0.574.